The lowest BCUT2D eigenvalue weighted by molar-refractivity contribution is 1.03. The van der Waals surface area contributed by atoms with Gasteiger partial charge in [-0.2, -0.15) is 5.10 Å². The third-order valence-electron chi connectivity index (χ3n) is 3.46. The molecule has 0 radical (unpaired) electrons. The molecule has 2 heterocycles. The van der Waals surface area contributed by atoms with E-state index in [-0.39, 0.29) is 0 Å². The van der Waals surface area contributed by atoms with Gasteiger partial charge in [-0.1, -0.05) is 36.4 Å². The van der Waals surface area contributed by atoms with Crippen molar-refractivity contribution in [1.82, 2.24) is 19.7 Å². The smallest absolute Gasteiger partial charge is 0.200 e. The highest BCUT2D eigenvalue weighted by Crippen LogP contribution is 2.24. The Hall–Kier alpha value is -2.66. The van der Waals surface area contributed by atoms with Crippen molar-refractivity contribution in [1.29, 1.82) is 0 Å². The molecule has 4 nitrogen and oxygen atoms in total. The van der Waals surface area contributed by atoms with Crippen LogP contribution in [0.5, 0.6) is 0 Å². The zero-order valence-electron chi connectivity index (χ0n) is 11.1. The van der Waals surface area contributed by atoms with E-state index in [4.69, 9.17) is 12.2 Å². The Bertz CT molecular complexity index is 930. The standard InChI is InChI=1S/C16H12N4S/c21-16-19-18-15(20(16)12-7-2-1-3-8-12)14-10-11-6-4-5-9-13(11)17-14/h1-10,17H,(H,19,21). The molecule has 0 spiro atoms. The monoisotopic (exact) mass is 292 g/mol. The van der Waals surface area contributed by atoms with Crippen LogP contribution in [-0.2, 0) is 0 Å². The Labute approximate surface area is 126 Å². The Balaban J connectivity index is 1.96. The summed E-state index contributed by atoms with van der Waals surface area (Å²) in [6.07, 6.45) is 0. The summed E-state index contributed by atoms with van der Waals surface area (Å²) in [5.74, 6) is 0.780. The van der Waals surface area contributed by atoms with Crippen LogP contribution in [0.3, 0.4) is 0 Å². The van der Waals surface area contributed by atoms with Crippen LogP contribution in [0, 0.1) is 4.77 Å². The molecule has 4 aromatic rings. The summed E-state index contributed by atoms with van der Waals surface area (Å²) in [6, 6.07) is 20.2. The molecular weight excluding hydrogens is 280 g/mol. The minimum Gasteiger partial charge on any atom is -0.352 e. The van der Waals surface area contributed by atoms with Crippen LogP contribution >= 0.6 is 12.2 Å². The Kier molecular flexibility index (Phi) is 2.72. The van der Waals surface area contributed by atoms with Gasteiger partial charge in [0.05, 0.1) is 11.4 Å². The van der Waals surface area contributed by atoms with E-state index in [1.165, 1.54) is 0 Å². The van der Waals surface area contributed by atoms with Crippen molar-refractivity contribution >= 4 is 23.1 Å². The average molecular weight is 292 g/mol. The van der Waals surface area contributed by atoms with Crippen molar-refractivity contribution in [2.75, 3.05) is 0 Å². The molecule has 0 aliphatic rings. The first-order chi connectivity index (χ1) is 10.3. The lowest BCUT2D eigenvalue weighted by atomic mass is 10.2. The second-order valence-electron chi connectivity index (χ2n) is 4.79. The van der Waals surface area contributed by atoms with Gasteiger partial charge in [0, 0.05) is 10.9 Å². The number of para-hydroxylation sites is 2. The van der Waals surface area contributed by atoms with Crippen LogP contribution in [0.25, 0.3) is 28.1 Å². The fourth-order valence-electron chi connectivity index (χ4n) is 2.49. The minimum atomic E-state index is 0.579. The highest BCUT2D eigenvalue weighted by atomic mass is 32.1. The third kappa shape index (κ3) is 1.98. The largest absolute Gasteiger partial charge is 0.352 e. The Morgan fingerprint density at radius 1 is 0.952 bits per heavy atom. The molecule has 4 rings (SSSR count). The second kappa shape index (κ2) is 4.71. The van der Waals surface area contributed by atoms with Crippen molar-refractivity contribution in [3.63, 3.8) is 0 Å². The number of hydrogen-bond donors (Lipinski definition) is 2. The highest BCUT2D eigenvalue weighted by molar-refractivity contribution is 7.71. The van der Waals surface area contributed by atoms with Crippen LogP contribution in [0.15, 0.2) is 60.7 Å². The molecule has 0 saturated carbocycles. The molecule has 2 aromatic carbocycles. The molecule has 0 aliphatic heterocycles. The van der Waals surface area contributed by atoms with Gasteiger partial charge in [-0.3, -0.25) is 9.67 Å². The number of H-pyrrole nitrogens is 2. The van der Waals surface area contributed by atoms with Gasteiger partial charge in [-0.25, -0.2) is 0 Å². The molecular formula is C16H12N4S. The summed E-state index contributed by atoms with van der Waals surface area (Å²) in [6.45, 7) is 0. The van der Waals surface area contributed by atoms with Gasteiger partial charge in [-0.15, -0.1) is 0 Å². The van der Waals surface area contributed by atoms with Crippen molar-refractivity contribution in [3.8, 4) is 17.2 Å². The first kappa shape index (κ1) is 12.1. The molecule has 2 N–H and O–H groups in total. The maximum atomic E-state index is 5.37. The van der Waals surface area contributed by atoms with Crippen LogP contribution < -0.4 is 0 Å². The maximum absolute atomic E-state index is 5.37. The minimum absolute atomic E-state index is 0.579. The van der Waals surface area contributed by atoms with E-state index in [2.05, 4.69) is 27.3 Å². The van der Waals surface area contributed by atoms with Gasteiger partial charge in [-0.05, 0) is 36.5 Å². The van der Waals surface area contributed by atoms with Gasteiger partial charge in [0.15, 0.2) is 10.6 Å². The number of rotatable bonds is 2. The zero-order valence-corrected chi connectivity index (χ0v) is 11.9. The molecule has 0 unspecified atom stereocenters. The summed E-state index contributed by atoms with van der Waals surface area (Å²) in [7, 11) is 0. The first-order valence-corrected chi connectivity index (χ1v) is 7.05. The van der Waals surface area contributed by atoms with Gasteiger partial charge >= 0.3 is 0 Å². The van der Waals surface area contributed by atoms with E-state index in [0.29, 0.717) is 4.77 Å². The lowest BCUT2D eigenvalue weighted by Crippen LogP contribution is -1.97. The summed E-state index contributed by atoms with van der Waals surface area (Å²) in [4.78, 5) is 3.39. The van der Waals surface area contributed by atoms with E-state index in [9.17, 15) is 0 Å². The topological polar surface area (TPSA) is 49.4 Å². The second-order valence-corrected chi connectivity index (χ2v) is 5.18. The fraction of sp³-hybridized carbons (Fsp3) is 0. The third-order valence-corrected chi connectivity index (χ3v) is 3.73. The van der Waals surface area contributed by atoms with Crippen molar-refractivity contribution in [2.45, 2.75) is 0 Å². The van der Waals surface area contributed by atoms with Crippen LogP contribution in [0.2, 0.25) is 0 Å². The van der Waals surface area contributed by atoms with E-state index in [0.717, 1.165) is 28.1 Å². The zero-order chi connectivity index (χ0) is 14.2. The number of nitrogens with one attached hydrogen (secondary N) is 2. The molecule has 5 heteroatoms. The van der Waals surface area contributed by atoms with Crippen molar-refractivity contribution < 1.29 is 0 Å². The molecule has 0 fully saturated rings. The molecule has 102 valence electrons. The number of nitrogens with zero attached hydrogens (tertiary/aromatic N) is 2. The summed E-state index contributed by atoms with van der Waals surface area (Å²) < 4.78 is 2.51. The number of aromatic nitrogens is 4. The summed E-state index contributed by atoms with van der Waals surface area (Å²) in [5, 5.41) is 8.40. The normalized spacial score (nSPS) is 11.0. The molecule has 21 heavy (non-hydrogen) atoms. The maximum Gasteiger partial charge on any atom is 0.200 e. The molecule has 0 saturated heterocycles. The van der Waals surface area contributed by atoms with Crippen LogP contribution in [0.4, 0.5) is 0 Å². The summed E-state index contributed by atoms with van der Waals surface area (Å²) in [5.41, 5.74) is 3.01. The van der Waals surface area contributed by atoms with E-state index in [1.807, 2.05) is 53.1 Å². The average Bonchev–Trinajstić information content (AvgIpc) is 3.11. The molecule has 0 amide bonds. The lowest BCUT2D eigenvalue weighted by Gasteiger charge is -2.04. The fourth-order valence-corrected chi connectivity index (χ4v) is 2.73. The predicted octanol–water partition coefficient (Wildman–Crippen LogP) is 4.08. The number of hydrogen-bond acceptors (Lipinski definition) is 2. The van der Waals surface area contributed by atoms with Crippen molar-refractivity contribution in [3.05, 3.63) is 65.4 Å². The van der Waals surface area contributed by atoms with E-state index < -0.39 is 0 Å². The summed E-state index contributed by atoms with van der Waals surface area (Å²) >= 11 is 5.37. The molecule has 0 atom stereocenters. The quantitative estimate of drug-likeness (QED) is 0.547. The number of fused-ring (bicyclic) bond motifs is 1. The van der Waals surface area contributed by atoms with Crippen LogP contribution in [0.1, 0.15) is 0 Å². The SMILES string of the molecule is S=c1[nH]nc(-c2cc3ccccc3[nH]2)n1-c1ccccc1. The van der Waals surface area contributed by atoms with Gasteiger partial charge in [0.2, 0.25) is 0 Å². The van der Waals surface area contributed by atoms with Gasteiger partial charge in [0.25, 0.3) is 0 Å². The highest BCUT2D eigenvalue weighted by Gasteiger charge is 2.12. The van der Waals surface area contributed by atoms with E-state index >= 15 is 0 Å². The predicted molar refractivity (Wildman–Crippen MR) is 86.0 cm³/mol. The first-order valence-electron chi connectivity index (χ1n) is 6.64. The molecule has 2 aromatic heterocycles. The molecule has 0 bridgehead atoms. The Morgan fingerprint density at radius 3 is 2.52 bits per heavy atom. The van der Waals surface area contributed by atoms with E-state index in [1.54, 1.807) is 0 Å². The van der Waals surface area contributed by atoms with Gasteiger partial charge < -0.3 is 4.98 Å². The number of aromatic amines is 2. The van der Waals surface area contributed by atoms with Crippen LogP contribution in [-0.4, -0.2) is 19.7 Å². The Morgan fingerprint density at radius 2 is 1.71 bits per heavy atom. The number of benzene rings is 2. The van der Waals surface area contributed by atoms with Gasteiger partial charge in [0.1, 0.15) is 0 Å². The van der Waals surface area contributed by atoms with Crippen molar-refractivity contribution in [2.24, 2.45) is 0 Å². The molecule has 0 aliphatic carbocycles.